The lowest BCUT2D eigenvalue weighted by atomic mass is 10.0. The molecular formula is C21H29ClN2O3S. The molecule has 1 aromatic carbocycles. The molecule has 0 aliphatic carbocycles. The highest BCUT2D eigenvalue weighted by Gasteiger charge is 2.25. The third-order valence-electron chi connectivity index (χ3n) is 4.85. The Hall–Kier alpha value is -1.76. The number of halogens is 1. The molecule has 0 spiro atoms. The number of benzene rings is 1. The Morgan fingerprint density at radius 3 is 2.79 bits per heavy atom. The number of piperidine rings is 1. The number of carbonyl (C=O) groups is 1. The van der Waals surface area contributed by atoms with Gasteiger partial charge in [-0.3, -0.25) is 4.79 Å². The maximum absolute atomic E-state index is 12.8. The summed E-state index contributed by atoms with van der Waals surface area (Å²) in [6.07, 6.45) is 3.19. The van der Waals surface area contributed by atoms with E-state index < -0.39 is 0 Å². The number of hydrogen-bond donors (Lipinski definition) is 1. The van der Waals surface area contributed by atoms with Gasteiger partial charge >= 0.3 is 0 Å². The molecule has 7 heteroatoms. The fraction of sp³-hybridized carbons (Fsp3) is 0.476. The molecule has 1 unspecified atom stereocenters. The second-order valence-electron chi connectivity index (χ2n) is 6.71. The van der Waals surface area contributed by atoms with Crippen LogP contribution in [-0.2, 0) is 17.9 Å². The van der Waals surface area contributed by atoms with Gasteiger partial charge in [0.25, 0.3) is 0 Å². The topological polar surface area (TPSA) is 50.8 Å². The zero-order valence-electron chi connectivity index (χ0n) is 16.5. The molecule has 3 rings (SSSR count). The van der Waals surface area contributed by atoms with E-state index in [2.05, 4.69) is 11.4 Å². The van der Waals surface area contributed by atoms with E-state index in [-0.39, 0.29) is 24.4 Å². The summed E-state index contributed by atoms with van der Waals surface area (Å²) in [5.74, 6) is 1.61. The first-order valence-electron chi connectivity index (χ1n) is 9.55. The average Bonchev–Trinajstić information content (AvgIpc) is 3.24. The zero-order valence-corrected chi connectivity index (χ0v) is 18.1. The molecule has 0 radical (unpaired) electrons. The van der Waals surface area contributed by atoms with Crippen LogP contribution in [0.1, 0.15) is 36.6 Å². The van der Waals surface area contributed by atoms with Crippen molar-refractivity contribution >= 4 is 29.7 Å². The molecule has 1 aliphatic rings. The van der Waals surface area contributed by atoms with Crippen LogP contribution < -0.4 is 14.8 Å². The van der Waals surface area contributed by atoms with Crippen LogP contribution in [0.25, 0.3) is 0 Å². The van der Waals surface area contributed by atoms with Gasteiger partial charge in [-0.25, -0.2) is 0 Å². The Kier molecular flexibility index (Phi) is 9.09. The number of methoxy groups -OCH3 is 1. The van der Waals surface area contributed by atoms with E-state index in [1.807, 2.05) is 41.5 Å². The summed E-state index contributed by atoms with van der Waals surface area (Å²) in [5.41, 5.74) is 1.04. The summed E-state index contributed by atoms with van der Waals surface area (Å²) in [6, 6.07) is 9.93. The fourth-order valence-electron chi connectivity index (χ4n) is 3.32. The van der Waals surface area contributed by atoms with Crippen molar-refractivity contribution in [2.45, 2.75) is 45.4 Å². The highest BCUT2D eigenvalue weighted by atomic mass is 35.5. The Morgan fingerprint density at radius 2 is 2.14 bits per heavy atom. The normalized spacial score (nSPS) is 16.1. The lowest BCUT2D eigenvalue weighted by Crippen LogP contribution is -2.48. The molecule has 0 bridgehead atoms. The van der Waals surface area contributed by atoms with Crippen molar-refractivity contribution in [2.75, 3.05) is 20.2 Å². The molecule has 2 aromatic rings. The van der Waals surface area contributed by atoms with Crippen LogP contribution in [0.5, 0.6) is 11.5 Å². The second-order valence-corrected chi connectivity index (χ2v) is 7.74. The third-order valence-corrected chi connectivity index (χ3v) is 5.70. The SMILES string of the molecule is CCN(Cc1ccc(OCc2cccs2)c(OC)c1)C(=O)C1CCCCN1.Cl. The van der Waals surface area contributed by atoms with E-state index in [1.54, 1.807) is 18.4 Å². The maximum atomic E-state index is 12.8. The largest absolute Gasteiger partial charge is 0.493 e. The molecule has 28 heavy (non-hydrogen) atoms. The van der Waals surface area contributed by atoms with Crippen molar-refractivity contribution < 1.29 is 14.3 Å². The van der Waals surface area contributed by atoms with Gasteiger partial charge in [-0.2, -0.15) is 0 Å². The minimum absolute atomic E-state index is 0. The minimum Gasteiger partial charge on any atom is -0.493 e. The lowest BCUT2D eigenvalue weighted by molar-refractivity contribution is -0.134. The molecular weight excluding hydrogens is 396 g/mol. The highest BCUT2D eigenvalue weighted by Crippen LogP contribution is 2.30. The van der Waals surface area contributed by atoms with Crippen LogP contribution in [0.15, 0.2) is 35.7 Å². The van der Waals surface area contributed by atoms with E-state index in [0.29, 0.717) is 25.4 Å². The molecule has 1 atom stereocenters. The molecule has 1 saturated heterocycles. The first kappa shape index (κ1) is 22.5. The van der Waals surface area contributed by atoms with E-state index in [9.17, 15) is 4.79 Å². The Bertz CT molecular complexity index is 733. The predicted octanol–water partition coefficient (Wildman–Crippen LogP) is 4.25. The summed E-state index contributed by atoms with van der Waals surface area (Å²) in [6.45, 7) is 4.75. The third kappa shape index (κ3) is 5.87. The van der Waals surface area contributed by atoms with Gasteiger partial charge in [-0.15, -0.1) is 23.7 Å². The van der Waals surface area contributed by atoms with Crippen molar-refractivity contribution in [1.82, 2.24) is 10.2 Å². The molecule has 154 valence electrons. The number of nitrogens with one attached hydrogen (secondary N) is 1. The quantitative estimate of drug-likeness (QED) is 0.688. The minimum atomic E-state index is -0.0472. The van der Waals surface area contributed by atoms with Gasteiger partial charge in [-0.05, 0) is 55.5 Å². The summed E-state index contributed by atoms with van der Waals surface area (Å²) in [7, 11) is 1.64. The number of amides is 1. The highest BCUT2D eigenvalue weighted by molar-refractivity contribution is 7.09. The van der Waals surface area contributed by atoms with Crippen LogP contribution in [0.3, 0.4) is 0 Å². The van der Waals surface area contributed by atoms with Crippen molar-refractivity contribution in [3.8, 4) is 11.5 Å². The maximum Gasteiger partial charge on any atom is 0.239 e. The number of likely N-dealkylation sites (N-methyl/N-ethyl adjacent to an activating group) is 1. The van der Waals surface area contributed by atoms with Gasteiger partial charge in [0.05, 0.1) is 13.2 Å². The van der Waals surface area contributed by atoms with Crippen LogP contribution >= 0.6 is 23.7 Å². The number of carbonyl (C=O) groups excluding carboxylic acids is 1. The first-order valence-corrected chi connectivity index (χ1v) is 10.4. The second kappa shape index (κ2) is 11.3. The van der Waals surface area contributed by atoms with Crippen LogP contribution in [0.2, 0.25) is 0 Å². The summed E-state index contributed by atoms with van der Waals surface area (Å²) in [5, 5.41) is 5.38. The van der Waals surface area contributed by atoms with Crippen molar-refractivity contribution in [3.05, 3.63) is 46.2 Å². The van der Waals surface area contributed by atoms with Gasteiger partial charge in [-0.1, -0.05) is 18.6 Å². The van der Waals surface area contributed by atoms with Gasteiger partial charge in [0.1, 0.15) is 6.61 Å². The van der Waals surface area contributed by atoms with Crippen LogP contribution in [0.4, 0.5) is 0 Å². The van der Waals surface area contributed by atoms with Gasteiger partial charge < -0.3 is 19.7 Å². The summed E-state index contributed by atoms with van der Waals surface area (Å²) in [4.78, 5) is 15.9. The van der Waals surface area contributed by atoms with Crippen molar-refractivity contribution in [2.24, 2.45) is 0 Å². The number of hydrogen-bond acceptors (Lipinski definition) is 5. The molecule has 5 nitrogen and oxygen atoms in total. The van der Waals surface area contributed by atoms with E-state index in [0.717, 1.165) is 37.1 Å². The molecule has 2 heterocycles. The molecule has 1 amide bonds. The zero-order chi connectivity index (χ0) is 19.1. The van der Waals surface area contributed by atoms with E-state index in [1.165, 1.54) is 4.88 Å². The van der Waals surface area contributed by atoms with E-state index >= 15 is 0 Å². The van der Waals surface area contributed by atoms with Crippen LogP contribution in [0, 0.1) is 0 Å². The number of thiophene rings is 1. The Balaban J connectivity index is 0.00000280. The first-order chi connectivity index (χ1) is 13.2. The molecule has 1 aromatic heterocycles. The molecule has 1 aliphatic heterocycles. The Morgan fingerprint density at radius 1 is 1.29 bits per heavy atom. The number of nitrogens with zero attached hydrogens (tertiary/aromatic N) is 1. The number of rotatable bonds is 8. The summed E-state index contributed by atoms with van der Waals surface area (Å²) >= 11 is 1.67. The van der Waals surface area contributed by atoms with Gasteiger partial charge in [0, 0.05) is 18.0 Å². The van der Waals surface area contributed by atoms with Crippen molar-refractivity contribution in [1.29, 1.82) is 0 Å². The average molecular weight is 425 g/mol. The summed E-state index contributed by atoms with van der Waals surface area (Å²) < 4.78 is 11.4. The Labute approximate surface area is 177 Å². The lowest BCUT2D eigenvalue weighted by Gasteiger charge is -2.29. The molecule has 0 saturated carbocycles. The molecule has 1 fully saturated rings. The van der Waals surface area contributed by atoms with Gasteiger partial charge in [0.2, 0.25) is 5.91 Å². The van der Waals surface area contributed by atoms with Crippen LogP contribution in [-0.4, -0.2) is 37.0 Å². The van der Waals surface area contributed by atoms with Gasteiger partial charge in [0.15, 0.2) is 11.5 Å². The molecule has 1 N–H and O–H groups in total. The smallest absolute Gasteiger partial charge is 0.239 e. The monoisotopic (exact) mass is 424 g/mol. The fourth-order valence-corrected chi connectivity index (χ4v) is 3.94. The number of ether oxygens (including phenoxy) is 2. The predicted molar refractivity (Wildman–Crippen MR) is 116 cm³/mol. The van der Waals surface area contributed by atoms with Crippen molar-refractivity contribution in [3.63, 3.8) is 0 Å². The standard InChI is InChI=1S/C21H28N2O3S.ClH/c1-3-23(21(24)18-8-4-5-11-22-18)14-16-9-10-19(20(13-16)25-2)26-15-17-7-6-12-27-17;/h6-7,9-10,12-13,18,22H,3-5,8,11,14-15H2,1-2H3;1H. The van der Waals surface area contributed by atoms with E-state index in [4.69, 9.17) is 9.47 Å².